The lowest BCUT2D eigenvalue weighted by molar-refractivity contribution is 0.122. The molecule has 0 radical (unpaired) electrons. The number of ether oxygens (including phenoxy) is 1. The summed E-state index contributed by atoms with van der Waals surface area (Å²) in [5.74, 6) is 1.57. The average molecular weight is 268 g/mol. The second-order valence-electron chi connectivity index (χ2n) is 6.63. The van der Waals surface area contributed by atoms with Crippen molar-refractivity contribution in [2.45, 2.75) is 51.5 Å². The number of rotatable bonds is 5. The van der Waals surface area contributed by atoms with Crippen LogP contribution >= 0.6 is 0 Å². The number of nitrogens with zero attached hydrogens (tertiary/aromatic N) is 1. The summed E-state index contributed by atoms with van der Waals surface area (Å²) in [6.07, 6.45) is 8.53. The van der Waals surface area contributed by atoms with E-state index in [9.17, 15) is 0 Å². The van der Waals surface area contributed by atoms with Crippen molar-refractivity contribution in [2.24, 2.45) is 11.8 Å². The second kappa shape index (κ2) is 8.23. The summed E-state index contributed by atoms with van der Waals surface area (Å²) in [5, 5.41) is 3.81. The fraction of sp³-hybridized carbons (Fsp3) is 1.00. The van der Waals surface area contributed by atoms with E-state index in [0.29, 0.717) is 5.92 Å². The normalized spacial score (nSPS) is 29.1. The average Bonchev–Trinajstić information content (AvgIpc) is 2.65. The Balaban J connectivity index is 1.83. The van der Waals surface area contributed by atoms with E-state index in [0.717, 1.165) is 18.6 Å². The van der Waals surface area contributed by atoms with Gasteiger partial charge in [0.25, 0.3) is 0 Å². The first-order valence-electron chi connectivity index (χ1n) is 8.24. The van der Waals surface area contributed by atoms with Crippen LogP contribution in [0.25, 0.3) is 0 Å². The molecule has 0 bridgehead atoms. The summed E-state index contributed by atoms with van der Waals surface area (Å²) in [6, 6.07) is 0.734. The summed E-state index contributed by atoms with van der Waals surface area (Å²) >= 11 is 0. The van der Waals surface area contributed by atoms with Crippen LogP contribution in [0.4, 0.5) is 0 Å². The van der Waals surface area contributed by atoms with Crippen molar-refractivity contribution in [3.05, 3.63) is 0 Å². The Labute approximate surface area is 119 Å². The molecule has 1 aliphatic heterocycles. The Morgan fingerprint density at radius 3 is 2.74 bits per heavy atom. The van der Waals surface area contributed by atoms with Gasteiger partial charge < -0.3 is 15.0 Å². The van der Waals surface area contributed by atoms with Crippen LogP contribution in [-0.4, -0.2) is 50.8 Å². The third kappa shape index (κ3) is 5.05. The smallest absolute Gasteiger partial charge is 0.0500 e. The summed E-state index contributed by atoms with van der Waals surface area (Å²) in [6.45, 7) is 8.09. The molecule has 2 unspecified atom stereocenters. The quantitative estimate of drug-likeness (QED) is 0.829. The molecule has 0 aromatic carbocycles. The molecule has 1 N–H and O–H groups in total. The van der Waals surface area contributed by atoms with Gasteiger partial charge in [-0.1, -0.05) is 26.2 Å². The maximum absolute atomic E-state index is 5.28. The molecule has 0 spiro atoms. The largest absolute Gasteiger partial charge is 0.384 e. The minimum atomic E-state index is 0.648. The maximum Gasteiger partial charge on any atom is 0.0500 e. The molecule has 0 aromatic heterocycles. The molecule has 0 amide bonds. The first kappa shape index (κ1) is 15.3. The third-order valence-electron chi connectivity index (χ3n) is 4.75. The Kier molecular flexibility index (Phi) is 6.62. The summed E-state index contributed by atoms with van der Waals surface area (Å²) in [5.41, 5.74) is 0. The van der Waals surface area contributed by atoms with Gasteiger partial charge in [-0.3, -0.25) is 0 Å². The predicted molar refractivity (Wildman–Crippen MR) is 80.5 cm³/mol. The Hall–Kier alpha value is -0.120. The van der Waals surface area contributed by atoms with Crippen LogP contribution in [0.3, 0.4) is 0 Å². The van der Waals surface area contributed by atoms with Crippen LogP contribution in [0.1, 0.15) is 45.4 Å². The highest BCUT2D eigenvalue weighted by Gasteiger charge is 2.27. The number of nitrogens with one attached hydrogen (secondary N) is 1. The van der Waals surface area contributed by atoms with E-state index >= 15 is 0 Å². The Morgan fingerprint density at radius 1 is 1.21 bits per heavy atom. The molecule has 1 aliphatic carbocycles. The first-order valence-corrected chi connectivity index (χ1v) is 8.24. The topological polar surface area (TPSA) is 24.5 Å². The molecule has 3 nitrogen and oxygen atoms in total. The number of hydrogen-bond acceptors (Lipinski definition) is 3. The highest BCUT2D eigenvalue weighted by atomic mass is 16.5. The van der Waals surface area contributed by atoms with Crippen LogP contribution in [0.15, 0.2) is 0 Å². The van der Waals surface area contributed by atoms with Crippen LogP contribution in [0.2, 0.25) is 0 Å². The van der Waals surface area contributed by atoms with E-state index in [1.807, 2.05) is 7.11 Å². The molecule has 2 aliphatic rings. The van der Waals surface area contributed by atoms with Gasteiger partial charge in [-0.05, 0) is 44.2 Å². The van der Waals surface area contributed by atoms with Crippen LogP contribution in [0, 0.1) is 11.8 Å². The van der Waals surface area contributed by atoms with Crippen LogP contribution in [0.5, 0.6) is 0 Å². The molecule has 1 heterocycles. The van der Waals surface area contributed by atoms with Crippen molar-refractivity contribution in [1.29, 1.82) is 0 Å². The van der Waals surface area contributed by atoms with E-state index in [4.69, 9.17) is 4.74 Å². The summed E-state index contributed by atoms with van der Waals surface area (Å²) in [4.78, 5) is 2.67. The van der Waals surface area contributed by atoms with E-state index in [2.05, 4.69) is 17.1 Å². The van der Waals surface area contributed by atoms with Gasteiger partial charge in [-0.15, -0.1) is 0 Å². The van der Waals surface area contributed by atoms with E-state index in [1.165, 1.54) is 64.7 Å². The van der Waals surface area contributed by atoms with E-state index in [-0.39, 0.29) is 0 Å². The standard InChI is InChI=1S/C16H32N2O/c1-14(13-19-2)11-18-10-6-9-17-16(12-18)15-7-4-3-5-8-15/h14-17H,3-13H2,1-2H3. The zero-order valence-corrected chi connectivity index (χ0v) is 12.9. The maximum atomic E-state index is 5.28. The second-order valence-corrected chi connectivity index (χ2v) is 6.63. The van der Waals surface area contributed by atoms with Gasteiger partial charge in [0, 0.05) is 32.8 Å². The molecule has 1 saturated heterocycles. The van der Waals surface area contributed by atoms with Gasteiger partial charge in [0.15, 0.2) is 0 Å². The molecule has 3 heteroatoms. The van der Waals surface area contributed by atoms with Gasteiger partial charge in [0.2, 0.25) is 0 Å². The zero-order valence-electron chi connectivity index (χ0n) is 12.9. The van der Waals surface area contributed by atoms with Gasteiger partial charge in [0.1, 0.15) is 0 Å². The van der Waals surface area contributed by atoms with Crippen molar-refractivity contribution in [2.75, 3.05) is 39.9 Å². The van der Waals surface area contributed by atoms with Gasteiger partial charge in [-0.2, -0.15) is 0 Å². The summed E-state index contributed by atoms with van der Waals surface area (Å²) in [7, 11) is 1.81. The Morgan fingerprint density at radius 2 is 2.00 bits per heavy atom. The highest BCUT2D eigenvalue weighted by Crippen LogP contribution is 2.27. The van der Waals surface area contributed by atoms with Crippen molar-refractivity contribution in [3.8, 4) is 0 Å². The van der Waals surface area contributed by atoms with Crippen molar-refractivity contribution in [3.63, 3.8) is 0 Å². The first-order chi connectivity index (χ1) is 9.29. The lowest BCUT2D eigenvalue weighted by Gasteiger charge is -2.33. The fourth-order valence-corrected chi connectivity index (χ4v) is 3.82. The number of methoxy groups -OCH3 is 1. The molecule has 1 saturated carbocycles. The highest BCUT2D eigenvalue weighted by molar-refractivity contribution is 4.84. The minimum Gasteiger partial charge on any atom is -0.384 e. The fourth-order valence-electron chi connectivity index (χ4n) is 3.82. The number of hydrogen-bond donors (Lipinski definition) is 1. The molecule has 0 aromatic rings. The van der Waals surface area contributed by atoms with Crippen molar-refractivity contribution >= 4 is 0 Å². The molecule has 2 atom stereocenters. The molecular weight excluding hydrogens is 236 g/mol. The van der Waals surface area contributed by atoms with Gasteiger partial charge in [-0.25, -0.2) is 0 Å². The van der Waals surface area contributed by atoms with Crippen molar-refractivity contribution < 1.29 is 4.74 Å². The predicted octanol–water partition coefficient (Wildman–Crippen LogP) is 2.51. The van der Waals surface area contributed by atoms with Gasteiger partial charge >= 0.3 is 0 Å². The molecular formula is C16H32N2O. The third-order valence-corrected chi connectivity index (χ3v) is 4.75. The van der Waals surface area contributed by atoms with E-state index in [1.54, 1.807) is 0 Å². The van der Waals surface area contributed by atoms with Crippen LogP contribution < -0.4 is 5.32 Å². The molecule has 2 fully saturated rings. The van der Waals surface area contributed by atoms with Crippen molar-refractivity contribution in [1.82, 2.24) is 10.2 Å². The Bertz CT molecular complexity index is 241. The van der Waals surface area contributed by atoms with Gasteiger partial charge in [0.05, 0.1) is 0 Å². The summed E-state index contributed by atoms with van der Waals surface area (Å²) < 4.78 is 5.28. The SMILES string of the molecule is COCC(C)CN1CCCNC(C2CCCCC2)C1. The zero-order chi connectivity index (χ0) is 13.5. The van der Waals surface area contributed by atoms with Crippen LogP contribution in [-0.2, 0) is 4.74 Å². The lowest BCUT2D eigenvalue weighted by atomic mass is 9.83. The molecule has 112 valence electrons. The molecule has 2 rings (SSSR count). The van der Waals surface area contributed by atoms with E-state index < -0.39 is 0 Å². The lowest BCUT2D eigenvalue weighted by Crippen LogP contribution is -2.44. The monoisotopic (exact) mass is 268 g/mol. The minimum absolute atomic E-state index is 0.648. The molecule has 19 heavy (non-hydrogen) atoms.